The largest absolute Gasteiger partial charge is 0.375 e. The van der Waals surface area contributed by atoms with Crippen molar-refractivity contribution in [3.63, 3.8) is 0 Å². The van der Waals surface area contributed by atoms with Crippen molar-refractivity contribution in [1.82, 2.24) is 4.90 Å². The van der Waals surface area contributed by atoms with Crippen LogP contribution in [-0.2, 0) is 0 Å². The lowest BCUT2D eigenvalue weighted by Gasteiger charge is -2.34. The summed E-state index contributed by atoms with van der Waals surface area (Å²) in [5.74, 6) is 0.623. The lowest BCUT2D eigenvalue weighted by atomic mass is 9.77. The summed E-state index contributed by atoms with van der Waals surface area (Å²) in [5.41, 5.74) is 4.04. The highest BCUT2D eigenvalue weighted by molar-refractivity contribution is 5.49. The third kappa shape index (κ3) is 3.09. The Morgan fingerprint density at radius 2 is 1.64 bits per heavy atom. The first kappa shape index (κ1) is 14.9. The molecule has 0 spiro atoms. The van der Waals surface area contributed by atoms with Gasteiger partial charge in [-0.25, -0.2) is 0 Å². The van der Waals surface area contributed by atoms with Crippen molar-refractivity contribution in [2.45, 2.75) is 51.4 Å². The monoisotopic (exact) mass is 293 g/mol. The zero-order valence-corrected chi connectivity index (χ0v) is 13.1. The smallest absolute Gasteiger partial charge is 0.132 e. The molecule has 0 radical (unpaired) electrons. The maximum atomic E-state index is 9.08. The van der Waals surface area contributed by atoms with E-state index in [1.54, 1.807) is 0 Å². The van der Waals surface area contributed by atoms with Crippen LogP contribution in [0.5, 0.6) is 0 Å². The van der Waals surface area contributed by atoms with Crippen molar-refractivity contribution < 1.29 is 0 Å². The quantitative estimate of drug-likeness (QED) is 0.680. The molecule has 0 aromatic heterocycles. The van der Waals surface area contributed by atoms with Crippen LogP contribution in [0.1, 0.15) is 51.4 Å². The predicted molar refractivity (Wildman–Crippen MR) is 86.4 cm³/mol. The minimum atomic E-state index is 0.293. The Kier molecular flexibility index (Phi) is 4.64. The van der Waals surface area contributed by atoms with Gasteiger partial charge in [-0.1, -0.05) is 18.9 Å². The molecule has 0 aromatic carbocycles. The summed E-state index contributed by atoms with van der Waals surface area (Å²) in [5, 5.41) is 18.2. The van der Waals surface area contributed by atoms with E-state index in [4.69, 9.17) is 10.5 Å². The molecule has 1 atom stereocenters. The molecule has 0 saturated carbocycles. The fraction of sp³-hybridized carbons (Fsp3) is 0.579. The highest BCUT2D eigenvalue weighted by Gasteiger charge is 2.26. The topological polar surface area (TPSA) is 50.8 Å². The molecule has 2 aliphatic carbocycles. The highest BCUT2D eigenvalue weighted by Crippen LogP contribution is 2.39. The molecule has 22 heavy (non-hydrogen) atoms. The fourth-order valence-corrected chi connectivity index (χ4v) is 3.92. The summed E-state index contributed by atoms with van der Waals surface area (Å²) < 4.78 is 0. The molecule has 1 aliphatic heterocycles. The van der Waals surface area contributed by atoms with Gasteiger partial charge >= 0.3 is 0 Å². The van der Waals surface area contributed by atoms with Crippen molar-refractivity contribution >= 4 is 0 Å². The molecule has 0 N–H and O–H groups in total. The number of likely N-dealkylation sites (tertiary alicyclic amines) is 1. The van der Waals surface area contributed by atoms with Gasteiger partial charge in [0.1, 0.15) is 17.7 Å². The normalized spacial score (nSPS) is 25.1. The Labute approximate surface area is 133 Å². The van der Waals surface area contributed by atoms with E-state index in [1.165, 1.54) is 62.9 Å². The molecule has 3 aliphatic rings. The van der Waals surface area contributed by atoms with Crippen LogP contribution in [0.3, 0.4) is 0 Å². The molecule has 3 heteroatoms. The summed E-state index contributed by atoms with van der Waals surface area (Å²) in [6, 6.07) is 4.09. The van der Waals surface area contributed by atoms with E-state index in [2.05, 4.69) is 17.1 Å². The van der Waals surface area contributed by atoms with E-state index >= 15 is 0 Å². The number of nitrogens with zero attached hydrogens (tertiary/aromatic N) is 3. The van der Waals surface area contributed by atoms with Crippen LogP contribution < -0.4 is 0 Å². The summed E-state index contributed by atoms with van der Waals surface area (Å²) in [4.78, 5) is 2.57. The number of hydrogen-bond donors (Lipinski definition) is 0. The minimum Gasteiger partial charge on any atom is -0.375 e. The minimum absolute atomic E-state index is 0.293. The van der Waals surface area contributed by atoms with Crippen LogP contribution in [0.25, 0.3) is 0 Å². The van der Waals surface area contributed by atoms with Gasteiger partial charge in [0.2, 0.25) is 0 Å². The van der Waals surface area contributed by atoms with Crippen LogP contribution in [0.4, 0.5) is 0 Å². The van der Waals surface area contributed by atoms with Crippen molar-refractivity contribution in [2.75, 3.05) is 13.1 Å². The molecule has 0 aromatic rings. The first-order valence-corrected chi connectivity index (χ1v) is 8.52. The van der Waals surface area contributed by atoms with Crippen LogP contribution >= 0.6 is 0 Å². The molecular formula is C19H23N3. The molecule has 0 amide bonds. The van der Waals surface area contributed by atoms with Crippen molar-refractivity contribution in [3.8, 4) is 12.1 Å². The Balaban J connectivity index is 1.87. The molecule has 3 rings (SSSR count). The van der Waals surface area contributed by atoms with Gasteiger partial charge in [-0.2, -0.15) is 10.5 Å². The molecule has 1 unspecified atom stereocenters. The van der Waals surface area contributed by atoms with Crippen LogP contribution in [0, 0.1) is 28.6 Å². The van der Waals surface area contributed by atoms with E-state index in [0.717, 1.165) is 18.4 Å². The van der Waals surface area contributed by atoms with E-state index in [1.807, 2.05) is 12.1 Å². The average molecular weight is 293 g/mol. The number of allylic oxidation sites excluding steroid dienone is 6. The summed E-state index contributed by atoms with van der Waals surface area (Å²) in [7, 11) is 0. The van der Waals surface area contributed by atoms with Crippen molar-refractivity contribution in [1.29, 1.82) is 10.5 Å². The van der Waals surface area contributed by atoms with Gasteiger partial charge in [0.25, 0.3) is 0 Å². The second kappa shape index (κ2) is 6.84. The standard InChI is InChI=1S/C19H23N3/c20-13-18(14-21)16-6-5-15-7-8-19(12-17(15)11-16)22-9-3-1-2-4-10-22/h11-12,15H,1-10H2. The van der Waals surface area contributed by atoms with Gasteiger partial charge < -0.3 is 4.90 Å². The molecular weight excluding hydrogens is 270 g/mol. The van der Waals surface area contributed by atoms with Gasteiger partial charge in [-0.3, -0.25) is 0 Å². The Hall–Kier alpha value is -2.00. The summed E-state index contributed by atoms with van der Waals surface area (Å²) >= 11 is 0. The van der Waals surface area contributed by atoms with Crippen LogP contribution in [0.15, 0.2) is 34.6 Å². The molecule has 3 nitrogen and oxygen atoms in total. The van der Waals surface area contributed by atoms with E-state index in [9.17, 15) is 0 Å². The number of nitriles is 2. The molecule has 1 saturated heterocycles. The Morgan fingerprint density at radius 3 is 2.32 bits per heavy atom. The van der Waals surface area contributed by atoms with Gasteiger partial charge in [-0.05, 0) is 61.7 Å². The van der Waals surface area contributed by atoms with Gasteiger partial charge in [-0.15, -0.1) is 0 Å². The highest BCUT2D eigenvalue weighted by atomic mass is 15.1. The van der Waals surface area contributed by atoms with E-state index in [0.29, 0.717) is 11.5 Å². The zero-order chi connectivity index (χ0) is 15.4. The second-order valence-electron chi connectivity index (χ2n) is 6.58. The molecule has 1 fully saturated rings. The summed E-state index contributed by atoms with van der Waals surface area (Å²) in [6.07, 6.45) is 14.1. The van der Waals surface area contributed by atoms with Gasteiger partial charge in [0, 0.05) is 18.8 Å². The van der Waals surface area contributed by atoms with Gasteiger partial charge in [0.15, 0.2) is 0 Å². The maximum absolute atomic E-state index is 9.08. The van der Waals surface area contributed by atoms with Crippen LogP contribution in [0.2, 0.25) is 0 Å². The third-order valence-corrected chi connectivity index (χ3v) is 5.21. The van der Waals surface area contributed by atoms with Crippen LogP contribution in [-0.4, -0.2) is 18.0 Å². The first-order valence-electron chi connectivity index (χ1n) is 8.52. The Bertz CT molecular complexity index is 586. The lowest BCUT2D eigenvalue weighted by molar-refractivity contribution is 0.326. The molecule has 1 heterocycles. The Morgan fingerprint density at radius 1 is 0.955 bits per heavy atom. The van der Waals surface area contributed by atoms with Gasteiger partial charge in [0.05, 0.1) is 0 Å². The maximum Gasteiger partial charge on any atom is 0.132 e. The SMILES string of the molecule is N#CC(C#N)=C1C=C2C=C(N3CCCCCC3)CCC2CC1. The number of hydrogen-bond acceptors (Lipinski definition) is 3. The first-order chi connectivity index (χ1) is 10.8. The zero-order valence-electron chi connectivity index (χ0n) is 13.1. The molecule has 114 valence electrons. The van der Waals surface area contributed by atoms with Crippen molar-refractivity contribution in [2.24, 2.45) is 5.92 Å². The second-order valence-corrected chi connectivity index (χ2v) is 6.58. The predicted octanol–water partition coefficient (Wildman–Crippen LogP) is 4.22. The lowest BCUT2D eigenvalue weighted by Crippen LogP contribution is -2.27. The number of fused-ring (bicyclic) bond motifs is 1. The number of rotatable bonds is 1. The van der Waals surface area contributed by atoms with Crippen molar-refractivity contribution in [3.05, 3.63) is 34.6 Å². The van der Waals surface area contributed by atoms with E-state index < -0.39 is 0 Å². The fourth-order valence-electron chi connectivity index (χ4n) is 3.92. The third-order valence-electron chi connectivity index (χ3n) is 5.21. The van der Waals surface area contributed by atoms with E-state index in [-0.39, 0.29) is 0 Å². The summed E-state index contributed by atoms with van der Waals surface area (Å²) in [6.45, 7) is 2.38. The molecule has 0 bridgehead atoms. The average Bonchev–Trinajstić information content (AvgIpc) is 2.84.